The number of hydrogen-bond acceptors (Lipinski definition) is 2. The highest BCUT2D eigenvalue weighted by molar-refractivity contribution is 9.10. The van der Waals surface area contributed by atoms with E-state index in [1.165, 1.54) is 0 Å². The van der Waals surface area contributed by atoms with Crippen LogP contribution >= 0.6 is 15.9 Å². The maximum Gasteiger partial charge on any atom is 0.255 e. The maximum atomic E-state index is 12.2. The predicted molar refractivity (Wildman–Crippen MR) is 86.0 cm³/mol. The predicted octanol–water partition coefficient (Wildman–Crippen LogP) is 3.51. The van der Waals surface area contributed by atoms with Crippen LogP contribution in [0.3, 0.4) is 0 Å². The van der Waals surface area contributed by atoms with Crippen molar-refractivity contribution < 1.29 is 4.79 Å². The Morgan fingerprint density at radius 1 is 1.20 bits per heavy atom. The molecule has 3 nitrogen and oxygen atoms in total. The maximum absolute atomic E-state index is 12.2. The molecule has 0 aromatic heterocycles. The van der Waals surface area contributed by atoms with Gasteiger partial charge in [-0.25, -0.2) is 0 Å². The number of rotatable bonds is 4. The average Bonchev–Trinajstić information content (AvgIpc) is 2.44. The quantitative estimate of drug-likeness (QED) is 0.900. The SMILES string of the molecule is Cc1ccc(Br)cc1NC(=O)c1ccc(CCN)cc1. The van der Waals surface area contributed by atoms with Gasteiger partial charge in [-0.05, 0) is 55.3 Å². The Bertz CT molecular complexity index is 608. The van der Waals surface area contributed by atoms with E-state index in [9.17, 15) is 4.79 Å². The van der Waals surface area contributed by atoms with E-state index in [0.717, 1.165) is 27.7 Å². The van der Waals surface area contributed by atoms with Crippen molar-refractivity contribution in [3.8, 4) is 0 Å². The fourth-order valence-corrected chi connectivity index (χ4v) is 2.27. The minimum atomic E-state index is -0.106. The van der Waals surface area contributed by atoms with Crippen LogP contribution < -0.4 is 11.1 Å². The molecule has 0 atom stereocenters. The largest absolute Gasteiger partial charge is 0.330 e. The van der Waals surface area contributed by atoms with E-state index in [1.54, 1.807) is 0 Å². The Morgan fingerprint density at radius 3 is 2.55 bits per heavy atom. The number of carbonyl (C=O) groups excluding carboxylic acids is 1. The summed E-state index contributed by atoms with van der Waals surface area (Å²) in [7, 11) is 0. The van der Waals surface area contributed by atoms with E-state index < -0.39 is 0 Å². The van der Waals surface area contributed by atoms with Crippen LogP contribution in [-0.4, -0.2) is 12.5 Å². The molecule has 0 bridgehead atoms. The van der Waals surface area contributed by atoms with E-state index in [4.69, 9.17) is 5.73 Å². The van der Waals surface area contributed by atoms with Crippen LogP contribution in [0.5, 0.6) is 0 Å². The highest BCUT2D eigenvalue weighted by Crippen LogP contribution is 2.21. The molecule has 0 aliphatic heterocycles. The molecule has 4 heteroatoms. The monoisotopic (exact) mass is 332 g/mol. The molecule has 0 radical (unpaired) electrons. The Morgan fingerprint density at radius 2 is 1.90 bits per heavy atom. The number of hydrogen-bond donors (Lipinski definition) is 2. The molecule has 0 spiro atoms. The topological polar surface area (TPSA) is 55.1 Å². The summed E-state index contributed by atoms with van der Waals surface area (Å²) in [5.41, 5.74) is 9.14. The molecule has 104 valence electrons. The van der Waals surface area contributed by atoms with Gasteiger partial charge >= 0.3 is 0 Å². The van der Waals surface area contributed by atoms with Crippen molar-refractivity contribution in [3.05, 3.63) is 63.6 Å². The molecule has 0 saturated heterocycles. The molecule has 0 aliphatic rings. The summed E-state index contributed by atoms with van der Waals surface area (Å²) in [5.74, 6) is -0.106. The fraction of sp³-hybridized carbons (Fsp3) is 0.188. The van der Waals surface area contributed by atoms with E-state index >= 15 is 0 Å². The smallest absolute Gasteiger partial charge is 0.255 e. The summed E-state index contributed by atoms with van der Waals surface area (Å²) in [6.07, 6.45) is 0.826. The van der Waals surface area contributed by atoms with Crippen molar-refractivity contribution >= 4 is 27.5 Å². The Labute approximate surface area is 127 Å². The second-order valence-electron chi connectivity index (χ2n) is 4.65. The number of aryl methyl sites for hydroxylation is 1. The number of carbonyl (C=O) groups is 1. The van der Waals surface area contributed by atoms with Gasteiger partial charge in [0.05, 0.1) is 0 Å². The van der Waals surface area contributed by atoms with Gasteiger partial charge in [0.2, 0.25) is 0 Å². The van der Waals surface area contributed by atoms with Crippen molar-refractivity contribution in [1.29, 1.82) is 0 Å². The van der Waals surface area contributed by atoms with Crippen LogP contribution in [0, 0.1) is 6.92 Å². The normalized spacial score (nSPS) is 10.3. The number of nitrogens with two attached hydrogens (primary N) is 1. The third kappa shape index (κ3) is 3.68. The summed E-state index contributed by atoms with van der Waals surface area (Å²) in [6, 6.07) is 13.3. The molecule has 0 unspecified atom stereocenters. The van der Waals surface area contributed by atoms with Crippen LogP contribution in [0.1, 0.15) is 21.5 Å². The molecule has 0 heterocycles. The molecule has 2 aromatic rings. The van der Waals surface area contributed by atoms with Crippen LogP contribution in [0.15, 0.2) is 46.9 Å². The van der Waals surface area contributed by atoms with Crippen LogP contribution in [0.4, 0.5) is 5.69 Å². The summed E-state index contributed by atoms with van der Waals surface area (Å²) in [4.78, 5) is 12.2. The zero-order chi connectivity index (χ0) is 14.5. The summed E-state index contributed by atoms with van der Waals surface area (Å²) < 4.78 is 0.941. The van der Waals surface area contributed by atoms with Crippen molar-refractivity contribution in [1.82, 2.24) is 0 Å². The first kappa shape index (κ1) is 14.8. The number of halogens is 1. The second-order valence-corrected chi connectivity index (χ2v) is 5.56. The van der Waals surface area contributed by atoms with Gasteiger partial charge < -0.3 is 11.1 Å². The van der Waals surface area contributed by atoms with Gasteiger partial charge in [-0.2, -0.15) is 0 Å². The van der Waals surface area contributed by atoms with Gasteiger partial charge in [-0.15, -0.1) is 0 Å². The third-order valence-corrected chi connectivity index (χ3v) is 3.59. The first-order chi connectivity index (χ1) is 9.60. The molecule has 2 aromatic carbocycles. The molecule has 3 N–H and O–H groups in total. The van der Waals surface area contributed by atoms with Gasteiger partial charge in [0.15, 0.2) is 0 Å². The minimum Gasteiger partial charge on any atom is -0.330 e. The third-order valence-electron chi connectivity index (χ3n) is 3.10. The van der Waals surface area contributed by atoms with Gasteiger partial charge in [-0.3, -0.25) is 4.79 Å². The zero-order valence-electron chi connectivity index (χ0n) is 11.3. The number of nitrogens with one attached hydrogen (secondary N) is 1. The van der Waals surface area contributed by atoms with E-state index in [2.05, 4.69) is 21.2 Å². The molecule has 0 fully saturated rings. The second kappa shape index (κ2) is 6.68. The number of benzene rings is 2. The zero-order valence-corrected chi connectivity index (χ0v) is 12.9. The Kier molecular flexibility index (Phi) is 4.93. The minimum absolute atomic E-state index is 0.106. The molecule has 20 heavy (non-hydrogen) atoms. The lowest BCUT2D eigenvalue weighted by atomic mass is 10.1. The molecule has 2 rings (SSSR count). The van der Waals surface area contributed by atoms with Crippen LogP contribution in [0.2, 0.25) is 0 Å². The van der Waals surface area contributed by atoms with E-state index in [1.807, 2.05) is 49.4 Å². The van der Waals surface area contributed by atoms with Crippen molar-refractivity contribution in [3.63, 3.8) is 0 Å². The van der Waals surface area contributed by atoms with Crippen molar-refractivity contribution in [2.45, 2.75) is 13.3 Å². The van der Waals surface area contributed by atoms with Crippen molar-refractivity contribution in [2.75, 3.05) is 11.9 Å². The van der Waals surface area contributed by atoms with E-state index in [-0.39, 0.29) is 5.91 Å². The molecular weight excluding hydrogens is 316 g/mol. The Hall–Kier alpha value is -1.65. The number of anilines is 1. The number of amides is 1. The fourth-order valence-electron chi connectivity index (χ4n) is 1.91. The Balaban J connectivity index is 2.13. The van der Waals surface area contributed by atoms with Crippen LogP contribution in [-0.2, 0) is 6.42 Å². The highest BCUT2D eigenvalue weighted by atomic mass is 79.9. The van der Waals surface area contributed by atoms with Gasteiger partial charge in [0.25, 0.3) is 5.91 Å². The molecular formula is C16H17BrN2O. The summed E-state index contributed by atoms with van der Waals surface area (Å²) >= 11 is 3.41. The molecule has 0 aliphatic carbocycles. The van der Waals surface area contributed by atoms with Gasteiger partial charge in [0.1, 0.15) is 0 Å². The van der Waals surface area contributed by atoms with Crippen LogP contribution in [0.25, 0.3) is 0 Å². The lowest BCUT2D eigenvalue weighted by Gasteiger charge is -2.09. The van der Waals surface area contributed by atoms with Crippen molar-refractivity contribution in [2.24, 2.45) is 5.73 Å². The lowest BCUT2D eigenvalue weighted by molar-refractivity contribution is 0.102. The lowest BCUT2D eigenvalue weighted by Crippen LogP contribution is -2.13. The first-order valence-electron chi connectivity index (χ1n) is 6.46. The van der Waals surface area contributed by atoms with Gasteiger partial charge in [0, 0.05) is 15.7 Å². The van der Waals surface area contributed by atoms with Gasteiger partial charge in [-0.1, -0.05) is 34.1 Å². The standard InChI is InChI=1S/C16H17BrN2O/c1-11-2-7-14(17)10-15(11)19-16(20)13-5-3-12(4-6-13)8-9-18/h2-7,10H,8-9,18H2,1H3,(H,19,20). The molecule has 0 saturated carbocycles. The van der Waals surface area contributed by atoms with E-state index in [0.29, 0.717) is 12.1 Å². The summed E-state index contributed by atoms with van der Waals surface area (Å²) in [6.45, 7) is 2.58. The summed E-state index contributed by atoms with van der Waals surface area (Å²) in [5, 5.41) is 2.93. The highest BCUT2D eigenvalue weighted by Gasteiger charge is 2.08. The molecule has 1 amide bonds. The average molecular weight is 333 g/mol. The first-order valence-corrected chi connectivity index (χ1v) is 7.26.